The SMILES string of the molecule is COc1cc(C(F)(F)C(NS(=O)(=O)c2ccc(OCC3CCCCC3)cc2)C(=O)N2CCC(N)CC2)ccc1Br.O=C(O)C(F)(F)F. The van der Waals surface area contributed by atoms with Crippen LogP contribution in [0.3, 0.4) is 0 Å². The molecule has 1 amide bonds. The summed E-state index contributed by atoms with van der Waals surface area (Å²) in [6.45, 7) is 0.860. The first-order chi connectivity index (χ1) is 22.0. The van der Waals surface area contributed by atoms with Gasteiger partial charge < -0.3 is 25.2 Å². The number of benzene rings is 2. The van der Waals surface area contributed by atoms with Gasteiger partial charge in [-0.25, -0.2) is 13.2 Å². The molecular weight excluding hydrogens is 721 g/mol. The number of methoxy groups -OCH3 is 1. The summed E-state index contributed by atoms with van der Waals surface area (Å²) in [6, 6.07) is 6.63. The standard InChI is InChI=1S/C28H36BrF2N3O5S.C2HF3O2/c1-38-25-17-20(7-12-24(25)29)28(30,31)26(27(35)34-15-13-21(32)14-16-34)33-40(36,37)23-10-8-22(9-11-23)39-18-19-5-3-2-4-6-19;3-2(4,5)1(6)7/h7-12,17,19,21,26,33H,2-6,13-16,18,32H2,1H3;(H,6,7). The van der Waals surface area contributed by atoms with Gasteiger partial charge in [0.1, 0.15) is 11.5 Å². The molecular formula is C30H37BrF5N3O7S. The second-order valence-corrected chi connectivity index (χ2v) is 13.8. The summed E-state index contributed by atoms with van der Waals surface area (Å²) in [5, 5.41) is 7.12. The number of aliphatic carboxylic acids is 1. The number of carboxylic acids is 1. The molecule has 1 saturated heterocycles. The molecule has 1 atom stereocenters. The number of piperidine rings is 1. The van der Waals surface area contributed by atoms with Crippen LogP contribution in [0.15, 0.2) is 51.8 Å². The third-order valence-corrected chi connectivity index (χ3v) is 9.95. The first kappa shape index (κ1) is 38.4. The minimum Gasteiger partial charge on any atom is -0.496 e. The molecule has 47 heavy (non-hydrogen) atoms. The fourth-order valence-electron chi connectivity index (χ4n) is 5.12. The average molecular weight is 759 g/mol. The number of nitrogens with one attached hydrogen (secondary N) is 1. The Bertz CT molecular complexity index is 1470. The number of sulfonamides is 1. The second kappa shape index (κ2) is 16.4. The summed E-state index contributed by atoms with van der Waals surface area (Å²) in [7, 11) is -3.19. The largest absolute Gasteiger partial charge is 0.496 e. The Morgan fingerprint density at radius 3 is 2.13 bits per heavy atom. The number of likely N-dealkylation sites (tertiary alicyclic amines) is 1. The molecule has 262 valence electrons. The quantitative estimate of drug-likeness (QED) is 0.272. The van der Waals surface area contributed by atoms with E-state index < -0.39 is 45.6 Å². The van der Waals surface area contributed by atoms with E-state index in [2.05, 4.69) is 15.9 Å². The van der Waals surface area contributed by atoms with Gasteiger partial charge in [-0.05, 0) is 83.9 Å². The number of ether oxygens (including phenoxy) is 2. The zero-order valence-electron chi connectivity index (χ0n) is 25.4. The minimum absolute atomic E-state index is 0.124. The molecule has 1 heterocycles. The Hall–Kier alpha value is -3.02. The Morgan fingerprint density at radius 2 is 1.60 bits per heavy atom. The van der Waals surface area contributed by atoms with Crippen molar-refractivity contribution in [1.29, 1.82) is 0 Å². The van der Waals surface area contributed by atoms with E-state index >= 15 is 8.78 Å². The third kappa shape index (κ3) is 10.7. The molecule has 0 spiro atoms. The van der Waals surface area contributed by atoms with E-state index in [0.717, 1.165) is 25.0 Å². The van der Waals surface area contributed by atoms with Crippen LogP contribution in [0, 0.1) is 5.92 Å². The highest BCUT2D eigenvalue weighted by atomic mass is 79.9. The van der Waals surface area contributed by atoms with Crippen LogP contribution in [-0.2, 0) is 25.5 Å². The van der Waals surface area contributed by atoms with Crippen molar-refractivity contribution in [3.8, 4) is 11.5 Å². The lowest BCUT2D eigenvalue weighted by atomic mass is 9.90. The maximum atomic E-state index is 16.0. The number of rotatable bonds is 10. The van der Waals surface area contributed by atoms with Gasteiger partial charge in [-0.3, -0.25) is 4.79 Å². The number of nitrogens with zero attached hydrogens (tertiary/aromatic N) is 1. The summed E-state index contributed by atoms with van der Waals surface area (Å²) in [6.07, 6.45) is 1.59. The smallest absolute Gasteiger partial charge is 0.490 e. The van der Waals surface area contributed by atoms with Gasteiger partial charge in [0.05, 0.1) is 23.1 Å². The molecule has 4 N–H and O–H groups in total. The van der Waals surface area contributed by atoms with E-state index in [-0.39, 0.29) is 29.8 Å². The van der Waals surface area contributed by atoms with Crippen LogP contribution < -0.4 is 19.9 Å². The van der Waals surface area contributed by atoms with Crippen LogP contribution in [0.5, 0.6) is 11.5 Å². The number of carbonyl (C=O) groups is 2. The molecule has 2 aromatic carbocycles. The zero-order chi connectivity index (χ0) is 35.0. The summed E-state index contributed by atoms with van der Waals surface area (Å²) >= 11 is 3.23. The first-order valence-corrected chi connectivity index (χ1v) is 17.0. The molecule has 4 rings (SSSR count). The van der Waals surface area contributed by atoms with Gasteiger partial charge in [-0.2, -0.15) is 26.7 Å². The molecule has 10 nitrogen and oxygen atoms in total. The van der Waals surface area contributed by atoms with Crippen LogP contribution in [-0.4, -0.2) is 75.4 Å². The maximum absolute atomic E-state index is 16.0. The highest BCUT2D eigenvalue weighted by Gasteiger charge is 2.50. The molecule has 2 fully saturated rings. The van der Waals surface area contributed by atoms with Crippen molar-refractivity contribution >= 4 is 37.8 Å². The Balaban J connectivity index is 0.000000771. The average Bonchev–Trinajstić information content (AvgIpc) is 3.03. The topological polar surface area (TPSA) is 148 Å². The molecule has 1 saturated carbocycles. The highest BCUT2D eigenvalue weighted by Crippen LogP contribution is 2.38. The van der Waals surface area contributed by atoms with Crippen molar-refractivity contribution in [2.45, 2.75) is 74.0 Å². The second-order valence-electron chi connectivity index (χ2n) is 11.3. The molecule has 0 bridgehead atoms. The predicted octanol–water partition coefficient (Wildman–Crippen LogP) is 5.44. The number of alkyl halides is 5. The van der Waals surface area contributed by atoms with Crippen molar-refractivity contribution in [2.75, 3.05) is 26.8 Å². The number of carbonyl (C=O) groups excluding carboxylic acids is 1. The van der Waals surface area contributed by atoms with E-state index in [1.165, 1.54) is 61.6 Å². The monoisotopic (exact) mass is 757 g/mol. The first-order valence-electron chi connectivity index (χ1n) is 14.8. The van der Waals surface area contributed by atoms with Gasteiger partial charge in [0.2, 0.25) is 15.9 Å². The number of hydrogen-bond acceptors (Lipinski definition) is 7. The summed E-state index contributed by atoms with van der Waals surface area (Å²) in [4.78, 5) is 23.3. The Kier molecular flexibility index (Phi) is 13.4. The third-order valence-electron chi connectivity index (χ3n) is 7.86. The fourth-order valence-corrected chi connectivity index (χ4v) is 6.72. The van der Waals surface area contributed by atoms with Crippen molar-refractivity contribution in [3.05, 3.63) is 52.5 Å². The van der Waals surface area contributed by atoms with Crippen molar-refractivity contribution < 1.29 is 54.5 Å². The number of hydrogen-bond donors (Lipinski definition) is 3. The van der Waals surface area contributed by atoms with Gasteiger partial charge in [0.25, 0.3) is 5.92 Å². The van der Waals surface area contributed by atoms with Crippen LogP contribution >= 0.6 is 15.9 Å². The highest BCUT2D eigenvalue weighted by molar-refractivity contribution is 9.10. The lowest BCUT2D eigenvalue weighted by Gasteiger charge is -2.35. The van der Waals surface area contributed by atoms with Gasteiger partial charge in [-0.1, -0.05) is 25.3 Å². The maximum Gasteiger partial charge on any atom is 0.490 e. The van der Waals surface area contributed by atoms with Gasteiger partial charge in [-0.15, -0.1) is 0 Å². The molecule has 1 aliphatic carbocycles. The Labute approximate surface area is 278 Å². The number of carboxylic acid groups (broad SMARTS) is 1. The molecule has 0 aromatic heterocycles. The van der Waals surface area contributed by atoms with Crippen LogP contribution in [0.4, 0.5) is 22.0 Å². The van der Waals surface area contributed by atoms with Gasteiger partial charge in [0.15, 0.2) is 6.04 Å². The number of nitrogens with two attached hydrogens (primary N) is 1. The van der Waals surface area contributed by atoms with Gasteiger partial charge >= 0.3 is 12.1 Å². The molecule has 1 unspecified atom stereocenters. The van der Waals surface area contributed by atoms with Crippen molar-refractivity contribution in [2.24, 2.45) is 11.7 Å². The molecule has 17 heteroatoms. The summed E-state index contributed by atoms with van der Waals surface area (Å²) in [5.74, 6) is -6.59. The van der Waals surface area contributed by atoms with E-state index in [0.29, 0.717) is 35.6 Å². The van der Waals surface area contributed by atoms with Crippen molar-refractivity contribution in [1.82, 2.24) is 9.62 Å². The lowest BCUT2D eigenvalue weighted by Crippen LogP contribution is -2.58. The van der Waals surface area contributed by atoms with Crippen molar-refractivity contribution in [3.63, 3.8) is 0 Å². The van der Waals surface area contributed by atoms with E-state index in [4.69, 9.17) is 25.1 Å². The summed E-state index contributed by atoms with van der Waals surface area (Å²) < 4.78 is 104. The lowest BCUT2D eigenvalue weighted by molar-refractivity contribution is -0.192. The molecule has 0 radical (unpaired) electrons. The Morgan fingerprint density at radius 1 is 1.02 bits per heavy atom. The molecule has 2 aromatic rings. The predicted molar refractivity (Wildman–Crippen MR) is 165 cm³/mol. The summed E-state index contributed by atoms with van der Waals surface area (Å²) in [5.41, 5.74) is 5.36. The van der Waals surface area contributed by atoms with Crippen LogP contribution in [0.25, 0.3) is 0 Å². The molecule has 1 aliphatic heterocycles. The van der Waals surface area contributed by atoms with E-state index in [9.17, 15) is 26.4 Å². The molecule has 2 aliphatic rings. The van der Waals surface area contributed by atoms with E-state index in [1.54, 1.807) is 0 Å². The van der Waals surface area contributed by atoms with Gasteiger partial charge in [0, 0.05) is 24.7 Å². The fraction of sp³-hybridized carbons (Fsp3) is 0.533. The minimum atomic E-state index is -5.08. The van der Waals surface area contributed by atoms with E-state index in [1.807, 2.05) is 4.72 Å². The normalized spacial score (nSPS) is 17.3. The zero-order valence-corrected chi connectivity index (χ0v) is 27.8. The number of amides is 1. The van der Waals surface area contributed by atoms with Crippen LogP contribution in [0.1, 0.15) is 50.5 Å². The number of halogens is 6. The van der Waals surface area contributed by atoms with Crippen LogP contribution in [0.2, 0.25) is 0 Å².